The number of aromatic nitrogens is 2. The number of anilines is 1. The van der Waals surface area contributed by atoms with Crippen LogP contribution in [0.5, 0.6) is 0 Å². The lowest BCUT2D eigenvalue weighted by atomic mass is 10.2. The van der Waals surface area contributed by atoms with E-state index in [-0.39, 0.29) is 0 Å². The third-order valence-electron chi connectivity index (χ3n) is 3.94. The zero-order chi connectivity index (χ0) is 14.2. The van der Waals surface area contributed by atoms with E-state index in [1.165, 1.54) is 44.8 Å². The van der Waals surface area contributed by atoms with Crippen LogP contribution in [-0.2, 0) is 25.8 Å². The van der Waals surface area contributed by atoms with Crippen LogP contribution in [0.2, 0.25) is 0 Å². The number of fused-ring (bicyclic) bond motifs is 3. The second-order valence-electron chi connectivity index (χ2n) is 5.31. The molecule has 3 aromatic rings. The molecule has 1 aliphatic rings. The molecular weight excluding hydrogens is 298 g/mol. The molecule has 1 N–H and O–H groups in total. The van der Waals surface area contributed by atoms with E-state index in [0.717, 1.165) is 24.6 Å². The minimum Gasteiger partial charge on any atom is -0.365 e. The van der Waals surface area contributed by atoms with Crippen LogP contribution < -0.4 is 5.32 Å². The number of hydrogen-bond donors (Lipinski definition) is 1. The number of nitrogens with one attached hydrogen (secondary N) is 1. The molecule has 0 saturated heterocycles. The summed E-state index contributed by atoms with van der Waals surface area (Å²) in [6.07, 6.45) is 4.54. The third-order valence-corrected chi connectivity index (χ3v) is 6.00. The quantitative estimate of drug-likeness (QED) is 0.774. The first kappa shape index (κ1) is 13.2. The van der Waals surface area contributed by atoms with Gasteiger partial charge in [0.05, 0.1) is 11.9 Å². The molecule has 0 aliphatic heterocycles. The zero-order valence-corrected chi connectivity index (χ0v) is 13.6. The van der Waals surface area contributed by atoms with Gasteiger partial charge in [0.15, 0.2) is 0 Å². The first-order chi connectivity index (χ1) is 10.3. The van der Waals surface area contributed by atoms with E-state index in [2.05, 4.69) is 29.8 Å². The van der Waals surface area contributed by atoms with Crippen LogP contribution in [0.1, 0.15) is 34.5 Å². The summed E-state index contributed by atoms with van der Waals surface area (Å²) in [4.78, 5) is 13.5. The van der Waals surface area contributed by atoms with Crippen molar-refractivity contribution < 1.29 is 0 Å². The number of hydrogen-bond acceptors (Lipinski definition) is 5. The van der Waals surface area contributed by atoms with Gasteiger partial charge >= 0.3 is 0 Å². The van der Waals surface area contributed by atoms with Crippen molar-refractivity contribution in [2.24, 2.45) is 0 Å². The number of aryl methyl sites for hydroxylation is 3. The van der Waals surface area contributed by atoms with E-state index >= 15 is 0 Å². The lowest BCUT2D eigenvalue weighted by molar-refractivity contribution is 0.915. The summed E-state index contributed by atoms with van der Waals surface area (Å²) >= 11 is 3.65. The van der Waals surface area contributed by atoms with Crippen LogP contribution >= 0.6 is 22.7 Å². The van der Waals surface area contributed by atoms with Crippen LogP contribution in [0, 0.1) is 0 Å². The lowest BCUT2D eigenvalue weighted by Crippen LogP contribution is -2.04. The monoisotopic (exact) mass is 315 g/mol. The van der Waals surface area contributed by atoms with Gasteiger partial charge in [-0.3, -0.25) is 0 Å². The summed E-state index contributed by atoms with van der Waals surface area (Å²) in [7, 11) is 0. The van der Waals surface area contributed by atoms with Crippen molar-refractivity contribution in [3.8, 4) is 0 Å². The Kier molecular flexibility index (Phi) is 3.39. The molecule has 21 heavy (non-hydrogen) atoms. The van der Waals surface area contributed by atoms with Gasteiger partial charge in [-0.1, -0.05) is 13.0 Å². The van der Waals surface area contributed by atoms with E-state index < -0.39 is 0 Å². The number of thiophene rings is 2. The Morgan fingerprint density at radius 3 is 3.05 bits per heavy atom. The number of rotatable bonds is 4. The Morgan fingerprint density at radius 1 is 1.29 bits per heavy atom. The van der Waals surface area contributed by atoms with Crippen LogP contribution in [0.25, 0.3) is 10.2 Å². The summed E-state index contributed by atoms with van der Waals surface area (Å²) in [6, 6.07) is 4.26. The topological polar surface area (TPSA) is 37.8 Å². The average Bonchev–Trinajstić information content (AvgIpc) is 3.20. The van der Waals surface area contributed by atoms with Crippen LogP contribution in [0.3, 0.4) is 0 Å². The highest BCUT2D eigenvalue weighted by Crippen LogP contribution is 2.39. The van der Waals surface area contributed by atoms with E-state index in [4.69, 9.17) is 9.97 Å². The van der Waals surface area contributed by atoms with Crippen molar-refractivity contribution in [1.82, 2.24) is 9.97 Å². The normalized spacial score (nSPS) is 13.8. The highest BCUT2D eigenvalue weighted by molar-refractivity contribution is 7.19. The second-order valence-corrected chi connectivity index (χ2v) is 7.43. The molecule has 0 radical (unpaired) electrons. The van der Waals surface area contributed by atoms with Crippen molar-refractivity contribution >= 4 is 38.7 Å². The molecule has 0 amide bonds. The van der Waals surface area contributed by atoms with Gasteiger partial charge in [0.1, 0.15) is 16.5 Å². The minimum absolute atomic E-state index is 0.845. The summed E-state index contributed by atoms with van der Waals surface area (Å²) in [5.41, 5.74) is 1.49. The standard InChI is InChI=1S/C16H17N3S2/c1-2-13-18-15(17-9-10-5-4-8-20-10)14-11-6-3-7-12(11)21-16(14)19-13/h4-5,8H,2-3,6-7,9H2,1H3,(H,17,18,19). The molecule has 108 valence electrons. The van der Waals surface area contributed by atoms with E-state index in [9.17, 15) is 0 Å². The van der Waals surface area contributed by atoms with Gasteiger partial charge in [0.2, 0.25) is 0 Å². The van der Waals surface area contributed by atoms with Gasteiger partial charge in [-0.2, -0.15) is 0 Å². The fraction of sp³-hybridized carbons (Fsp3) is 0.375. The summed E-state index contributed by atoms with van der Waals surface area (Å²) in [5.74, 6) is 1.97. The van der Waals surface area contributed by atoms with Crippen LogP contribution in [0.4, 0.5) is 5.82 Å². The van der Waals surface area contributed by atoms with Gasteiger partial charge in [-0.25, -0.2) is 9.97 Å². The highest BCUT2D eigenvalue weighted by atomic mass is 32.1. The second kappa shape index (κ2) is 5.39. The molecule has 0 aromatic carbocycles. The Bertz CT molecular complexity index is 775. The molecule has 0 unspecified atom stereocenters. The maximum absolute atomic E-state index is 4.76. The maximum atomic E-state index is 4.76. The summed E-state index contributed by atoms with van der Waals surface area (Å²) in [6.45, 7) is 2.96. The Hall–Kier alpha value is -1.46. The summed E-state index contributed by atoms with van der Waals surface area (Å²) < 4.78 is 0. The van der Waals surface area contributed by atoms with Crippen molar-refractivity contribution in [3.63, 3.8) is 0 Å². The Balaban J connectivity index is 1.77. The molecule has 3 heterocycles. The zero-order valence-electron chi connectivity index (χ0n) is 12.0. The van der Waals surface area contributed by atoms with Gasteiger partial charge in [-0.15, -0.1) is 22.7 Å². The fourth-order valence-electron chi connectivity index (χ4n) is 2.91. The number of nitrogens with zero attached hydrogens (tertiary/aromatic N) is 2. The SMILES string of the molecule is CCc1nc(NCc2cccs2)c2c3c(sc2n1)CCC3. The predicted molar refractivity (Wildman–Crippen MR) is 90.5 cm³/mol. The van der Waals surface area contributed by atoms with Gasteiger partial charge in [0.25, 0.3) is 0 Å². The van der Waals surface area contributed by atoms with Gasteiger partial charge in [0, 0.05) is 16.2 Å². The van der Waals surface area contributed by atoms with Crippen molar-refractivity contribution in [3.05, 3.63) is 38.7 Å². The maximum Gasteiger partial charge on any atom is 0.139 e. The molecule has 0 bridgehead atoms. The fourth-order valence-corrected chi connectivity index (χ4v) is 4.83. The van der Waals surface area contributed by atoms with E-state index in [0.29, 0.717) is 0 Å². The third kappa shape index (κ3) is 2.34. The van der Waals surface area contributed by atoms with Gasteiger partial charge < -0.3 is 5.32 Å². The first-order valence-corrected chi connectivity index (χ1v) is 9.12. The first-order valence-electron chi connectivity index (χ1n) is 7.42. The van der Waals surface area contributed by atoms with Crippen LogP contribution in [-0.4, -0.2) is 9.97 Å². The molecule has 3 aromatic heterocycles. The Labute approximate surface area is 132 Å². The minimum atomic E-state index is 0.845. The molecule has 0 fully saturated rings. The van der Waals surface area contributed by atoms with E-state index in [1.54, 1.807) is 11.3 Å². The van der Waals surface area contributed by atoms with E-state index in [1.807, 2.05) is 11.3 Å². The smallest absolute Gasteiger partial charge is 0.139 e. The Morgan fingerprint density at radius 2 is 2.24 bits per heavy atom. The predicted octanol–water partition coefficient (Wildman–Crippen LogP) is 4.42. The molecule has 3 nitrogen and oxygen atoms in total. The molecule has 1 aliphatic carbocycles. The van der Waals surface area contributed by atoms with Crippen LogP contribution in [0.15, 0.2) is 17.5 Å². The van der Waals surface area contributed by atoms with Crippen molar-refractivity contribution in [2.45, 2.75) is 39.2 Å². The largest absolute Gasteiger partial charge is 0.365 e. The average molecular weight is 315 g/mol. The molecule has 0 spiro atoms. The highest BCUT2D eigenvalue weighted by Gasteiger charge is 2.22. The lowest BCUT2D eigenvalue weighted by Gasteiger charge is -2.08. The van der Waals surface area contributed by atoms with Crippen molar-refractivity contribution in [2.75, 3.05) is 5.32 Å². The molecular formula is C16H17N3S2. The molecule has 0 saturated carbocycles. The molecule has 0 atom stereocenters. The summed E-state index contributed by atoms with van der Waals surface area (Å²) in [5, 5.41) is 6.94. The molecule has 5 heteroatoms. The van der Waals surface area contributed by atoms with Crippen molar-refractivity contribution in [1.29, 1.82) is 0 Å². The van der Waals surface area contributed by atoms with Gasteiger partial charge in [-0.05, 0) is 36.3 Å². The molecule has 4 rings (SSSR count).